The summed E-state index contributed by atoms with van der Waals surface area (Å²) in [6.45, 7) is 1.50. The molecule has 0 atom stereocenters. The van der Waals surface area contributed by atoms with Crippen LogP contribution in [-0.2, 0) is 17.8 Å². The van der Waals surface area contributed by atoms with E-state index in [4.69, 9.17) is 4.74 Å². The van der Waals surface area contributed by atoms with Crippen molar-refractivity contribution in [3.8, 4) is 0 Å². The maximum atomic E-state index is 5.65. The first-order chi connectivity index (χ1) is 7.86. The van der Waals surface area contributed by atoms with Gasteiger partial charge >= 0.3 is 0 Å². The van der Waals surface area contributed by atoms with Gasteiger partial charge in [-0.2, -0.15) is 0 Å². The van der Waals surface area contributed by atoms with Crippen LogP contribution in [0.1, 0.15) is 11.1 Å². The molecule has 0 aliphatic rings. The van der Waals surface area contributed by atoms with Crippen LogP contribution in [0.15, 0.2) is 41.8 Å². The second-order valence-corrected chi connectivity index (χ2v) is 6.23. The highest BCUT2D eigenvalue weighted by Crippen LogP contribution is 2.19. The number of benzene rings is 1. The fourth-order valence-electron chi connectivity index (χ4n) is 1.45. The van der Waals surface area contributed by atoms with Crippen molar-refractivity contribution in [2.24, 2.45) is 0 Å². The Balaban J connectivity index is 1.72. The monoisotopic (exact) mass is 344 g/mol. The number of halogens is 1. The van der Waals surface area contributed by atoms with Crippen LogP contribution in [-0.4, -0.2) is 6.61 Å². The van der Waals surface area contributed by atoms with Gasteiger partial charge in [0.1, 0.15) is 0 Å². The Kier molecular flexibility index (Phi) is 4.81. The number of thiophene rings is 1. The second-order valence-electron chi connectivity index (χ2n) is 3.51. The predicted molar refractivity (Wildman–Crippen MR) is 76.8 cm³/mol. The molecule has 0 spiro atoms. The molecule has 0 aliphatic heterocycles. The van der Waals surface area contributed by atoms with Crippen molar-refractivity contribution in [1.29, 1.82) is 0 Å². The fourth-order valence-corrected chi connectivity index (χ4v) is 3.01. The van der Waals surface area contributed by atoms with Gasteiger partial charge in [0.25, 0.3) is 0 Å². The van der Waals surface area contributed by atoms with Crippen molar-refractivity contribution in [3.05, 3.63) is 55.8 Å². The van der Waals surface area contributed by atoms with Crippen LogP contribution in [0.4, 0.5) is 0 Å². The van der Waals surface area contributed by atoms with E-state index in [-0.39, 0.29) is 0 Å². The summed E-state index contributed by atoms with van der Waals surface area (Å²) in [6, 6.07) is 12.5. The van der Waals surface area contributed by atoms with Crippen LogP contribution in [0.2, 0.25) is 0 Å². The van der Waals surface area contributed by atoms with Crippen LogP contribution >= 0.6 is 33.9 Å². The molecule has 1 aromatic carbocycles. The zero-order valence-corrected chi connectivity index (χ0v) is 11.8. The Morgan fingerprint density at radius 2 is 1.94 bits per heavy atom. The number of ether oxygens (including phenoxy) is 1. The molecule has 16 heavy (non-hydrogen) atoms. The first-order valence-corrected chi connectivity index (χ1v) is 7.15. The molecular formula is C13H13IOS. The summed E-state index contributed by atoms with van der Waals surface area (Å²) in [6.07, 6.45) is 1.01. The molecule has 84 valence electrons. The van der Waals surface area contributed by atoms with E-state index in [1.165, 1.54) is 14.0 Å². The van der Waals surface area contributed by atoms with E-state index in [2.05, 4.69) is 46.2 Å². The molecule has 0 amide bonds. The van der Waals surface area contributed by atoms with Gasteiger partial charge in [0.2, 0.25) is 0 Å². The van der Waals surface area contributed by atoms with Crippen molar-refractivity contribution < 1.29 is 4.74 Å². The van der Waals surface area contributed by atoms with Gasteiger partial charge in [0.15, 0.2) is 0 Å². The Bertz CT molecular complexity index is 425. The van der Waals surface area contributed by atoms with Crippen LogP contribution in [0.25, 0.3) is 0 Å². The lowest BCUT2D eigenvalue weighted by atomic mass is 10.2. The summed E-state index contributed by atoms with van der Waals surface area (Å²) in [7, 11) is 0. The summed E-state index contributed by atoms with van der Waals surface area (Å²) in [4.78, 5) is 0. The molecule has 3 heteroatoms. The highest BCUT2D eigenvalue weighted by Gasteiger charge is 2.00. The lowest BCUT2D eigenvalue weighted by Crippen LogP contribution is -1.98. The molecule has 1 aromatic heterocycles. The maximum absolute atomic E-state index is 5.65. The van der Waals surface area contributed by atoms with Crippen molar-refractivity contribution in [2.45, 2.75) is 13.0 Å². The van der Waals surface area contributed by atoms with Gasteiger partial charge in [-0.25, -0.2) is 0 Å². The van der Waals surface area contributed by atoms with Crippen molar-refractivity contribution >= 4 is 33.9 Å². The normalized spacial score (nSPS) is 10.6. The molecule has 1 heterocycles. The molecule has 2 rings (SSSR count). The van der Waals surface area contributed by atoms with Gasteiger partial charge in [-0.05, 0) is 51.6 Å². The van der Waals surface area contributed by atoms with Crippen LogP contribution in [0, 0.1) is 2.88 Å². The summed E-state index contributed by atoms with van der Waals surface area (Å²) < 4.78 is 7.03. The maximum Gasteiger partial charge on any atom is 0.0717 e. The highest BCUT2D eigenvalue weighted by atomic mass is 127. The van der Waals surface area contributed by atoms with Crippen molar-refractivity contribution in [1.82, 2.24) is 0 Å². The molecule has 0 radical (unpaired) electrons. The zero-order valence-electron chi connectivity index (χ0n) is 8.86. The Morgan fingerprint density at radius 3 is 2.62 bits per heavy atom. The molecule has 0 fully saturated rings. The molecule has 0 saturated carbocycles. The number of rotatable bonds is 5. The highest BCUT2D eigenvalue weighted by molar-refractivity contribution is 14.1. The van der Waals surface area contributed by atoms with Crippen molar-refractivity contribution in [3.63, 3.8) is 0 Å². The topological polar surface area (TPSA) is 9.23 Å². The van der Waals surface area contributed by atoms with Crippen LogP contribution in [0.3, 0.4) is 0 Å². The molecule has 0 N–H and O–H groups in total. The second kappa shape index (κ2) is 6.37. The Hall–Kier alpha value is -0.390. The van der Waals surface area contributed by atoms with Gasteiger partial charge in [0.05, 0.1) is 16.1 Å². The third-order valence-corrected chi connectivity index (χ3v) is 4.52. The summed E-state index contributed by atoms with van der Waals surface area (Å²) in [5.74, 6) is 0. The quantitative estimate of drug-likeness (QED) is 0.586. The molecule has 2 aromatic rings. The van der Waals surface area contributed by atoms with Gasteiger partial charge in [-0.3, -0.25) is 0 Å². The summed E-state index contributed by atoms with van der Waals surface area (Å²) >= 11 is 4.17. The SMILES string of the molecule is Ic1sccc1CCOCc1ccccc1. The predicted octanol–water partition coefficient (Wildman–Crippen LogP) is 4.11. The average Bonchev–Trinajstić information content (AvgIpc) is 2.72. The van der Waals surface area contributed by atoms with E-state index >= 15 is 0 Å². The number of hydrogen-bond acceptors (Lipinski definition) is 2. The van der Waals surface area contributed by atoms with E-state index < -0.39 is 0 Å². The van der Waals surface area contributed by atoms with Crippen LogP contribution in [0.5, 0.6) is 0 Å². The van der Waals surface area contributed by atoms with Gasteiger partial charge in [-0.15, -0.1) is 11.3 Å². The minimum Gasteiger partial charge on any atom is -0.376 e. The molecule has 0 saturated heterocycles. The summed E-state index contributed by atoms with van der Waals surface area (Å²) in [5, 5.41) is 2.13. The molecule has 0 bridgehead atoms. The third-order valence-electron chi connectivity index (χ3n) is 2.32. The van der Waals surface area contributed by atoms with Gasteiger partial charge in [-0.1, -0.05) is 30.3 Å². The van der Waals surface area contributed by atoms with E-state index in [1.807, 2.05) is 18.2 Å². The third kappa shape index (κ3) is 3.57. The largest absolute Gasteiger partial charge is 0.376 e. The summed E-state index contributed by atoms with van der Waals surface area (Å²) in [5.41, 5.74) is 2.64. The number of hydrogen-bond donors (Lipinski definition) is 0. The molecule has 0 aliphatic carbocycles. The Labute approximate surface area is 114 Å². The van der Waals surface area contributed by atoms with E-state index in [9.17, 15) is 0 Å². The smallest absolute Gasteiger partial charge is 0.0717 e. The average molecular weight is 344 g/mol. The first kappa shape index (κ1) is 12.1. The minimum atomic E-state index is 0.710. The molecule has 0 unspecified atom stereocenters. The van der Waals surface area contributed by atoms with E-state index in [0.717, 1.165) is 13.0 Å². The van der Waals surface area contributed by atoms with Crippen LogP contribution < -0.4 is 0 Å². The standard InChI is InChI=1S/C13H13IOS/c14-13-12(7-9-16-13)6-8-15-10-11-4-2-1-3-5-11/h1-5,7,9H,6,8,10H2. The van der Waals surface area contributed by atoms with Gasteiger partial charge < -0.3 is 4.74 Å². The molecular weight excluding hydrogens is 331 g/mol. The lowest BCUT2D eigenvalue weighted by molar-refractivity contribution is 0.124. The fraction of sp³-hybridized carbons (Fsp3) is 0.231. The van der Waals surface area contributed by atoms with E-state index in [0.29, 0.717) is 6.61 Å². The van der Waals surface area contributed by atoms with E-state index in [1.54, 1.807) is 11.3 Å². The first-order valence-electron chi connectivity index (χ1n) is 5.20. The van der Waals surface area contributed by atoms with Crippen molar-refractivity contribution in [2.75, 3.05) is 6.61 Å². The lowest BCUT2D eigenvalue weighted by Gasteiger charge is -2.03. The minimum absolute atomic E-state index is 0.710. The Morgan fingerprint density at radius 1 is 1.12 bits per heavy atom. The molecule has 1 nitrogen and oxygen atoms in total. The van der Waals surface area contributed by atoms with Gasteiger partial charge in [0, 0.05) is 0 Å². The zero-order chi connectivity index (χ0) is 11.2.